The van der Waals surface area contributed by atoms with E-state index in [2.05, 4.69) is 31.1 Å². The van der Waals surface area contributed by atoms with E-state index in [1.54, 1.807) is 0 Å². The molecule has 1 heterocycles. The van der Waals surface area contributed by atoms with Crippen molar-refractivity contribution in [2.75, 3.05) is 0 Å². The Morgan fingerprint density at radius 2 is 2.19 bits per heavy atom. The molecule has 1 aromatic heterocycles. The SMILES string of the molecule is CCC1CCCC1NCc1sc(C)nc1C. The normalized spacial score (nSPS) is 25.2. The molecule has 1 saturated carbocycles. The van der Waals surface area contributed by atoms with Crippen LogP contribution in [0.4, 0.5) is 0 Å². The van der Waals surface area contributed by atoms with E-state index >= 15 is 0 Å². The van der Waals surface area contributed by atoms with Gasteiger partial charge in [-0.1, -0.05) is 19.8 Å². The lowest BCUT2D eigenvalue weighted by Crippen LogP contribution is -2.31. The van der Waals surface area contributed by atoms with E-state index in [0.717, 1.165) is 18.5 Å². The maximum atomic E-state index is 4.47. The summed E-state index contributed by atoms with van der Waals surface area (Å²) in [5.74, 6) is 0.898. The van der Waals surface area contributed by atoms with E-state index in [-0.39, 0.29) is 0 Å². The lowest BCUT2D eigenvalue weighted by molar-refractivity contribution is 0.390. The number of nitrogens with zero attached hydrogens (tertiary/aromatic N) is 1. The maximum absolute atomic E-state index is 4.47. The van der Waals surface area contributed by atoms with Gasteiger partial charge in [0.25, 0.3) is 0 Å². The average Bonchev–Trinajstić information content (AvgIpc) is 2.81. The molecule has 0 aliphatic heterocycles. The first-order valence-corrected chi connectivity index (χ1v) is 7.18. The molecule has 1 aliphatic rings. The van der Waals surface area contributed by atoms with Gasteiger partial charge in [0.05, 0.1) is 10.7 Å². The Labute approximate surface area is 102 Å². The van der Waals surface area contributed by atoms with Crippen LogP contribution in [0.5, 0.6) is 0 Å². The molecule has 3 heteroatoms. The maximum Gasteiger partial charge on any atom is 0.0900 e. The van der Waals surface area contributed by atoms with Crippen molar-refractivity contribution in [1.29, 1.82) is 0 Å². The fourth-order valence-corrected chi connectivity index (χ4v) is 3.64. The number of aryl methyl sites for hydroxylation is 2. The molecule has 0 saturated heterocycles. The molecule has 2 nitrogen and oxygen atoms in total. The van der Waals surface area contributed by atoms with E-state index in [0.29, 0.717) is 0 Å². The zero-order valence-corrected chi connectivity index (χ0v) is 11.4. The molecular formula is C13H22N2S. The Balaban J connectivity index is 1.89. The van der Waals surface area contributed by atoms with Crippen molar-refractivity contribution in [1.82, 2.24) is 10.3 Å². The molecule has 1 N–H and O–H groups in total. The highest BCUT2D eigenvalue weighted by molar-refractivity contribution is 7.11. The third-order valence-electron chi connectivity index (χ3n) is 3.71. The highest BCUT2D eigenvalue weighted by Gasteiger charge is 2.25. The van der Waals surface area contributed by atoms with Gasteiger partial charge in [-0.2, -0.15) is 0 Å². The molecule has 90 valence electrons. The quantitative estimate of drug-likeness (QED) is 0.869. The van der Waals surface area contributed by atoms with E-state index in [9.17, 15) is 0 Å². The summed E-state index contributed by atoms with van der Waals surface area (Å²) in [5.41, 5.74) is 1.21. The van der Waals surface area contributed by atoms with Gasteiger partial charge in [-0.25, -0.2) is 4.98 Å². The van der Waals surface area contributed by atoms with Gasteiger partial charge in [0.2, 0.25) is 0 Å². The summed E-state index contributed by atoms with van der Waals surface area (Å²) in [5, 5.41) is 4.91. The zero-order valence-electron chi connectivity index (χ0n) is 10.5. The topological polar surface area (TPSA) is 24.9 Å². The van der Waals surface area contributed by atoms with E-state index in [1.165, 1.54) is 41.3 Å². The lowest BCUT2D eigenvalue weighted by atomic mass is 10.0. The lowest BCUT2D eigenvalue weighted by Gasteiger charge is -2.19. The molecular weight excluding hydrogens is 216 g/mol. The summed E-state index contributed by atoms with van der Waals surface area (Å²) in [7, 11) is 0. The van der Waals surface area contributed by atoms with E-state index in [4.69, 9.17) is 0 Å². The van der Waals surface area contributed by atoms with Gasteiger partial charge in [0.1, 0.15) is 0 Å². The first-order valence-electron chi connectivity index (χ1n) is 6.37. The fraction of sp³-hybridized carbons (Fsp3) is 0.769. The minimum absolute atomic E-state index is 0.742. The number of aromatic nitrogens is 1. The highest BCUT2D eigenvalue weighted by atomic mass is 32.1. The first kappa shape index (κ1) is 12.1. The van der Waals surface area contributed by atoms with Crippen LogP contribution in [-0.2, 0) is 6.54 Å². The molecule has 2 unspecified atom stereocenters. The van der Waals surface area contributed by atoms with Gasteiger partial charge in [-0.15, -0.1) is 11.3 Å². The monoisotopic (exact) mass is 238 g/mol. The third kappa shape index (κ3) is 2.64. The van der Waals surface area contributed by atoms with Crippen LogP contribution in [0.25, 0.3) is 0 Å². The van der Waals surface area contributed by atoms with Crippen molar-refractivity contribution in [3.05, 3.63) is 15.6 Å². The van der Waals surface area contributed by atoms with Gasteiger partial charge < -0.3 is 5.32 Å². The molecule has 0 amide bonds. The second kappa shape index (κ2) is 5.28. The number of nitrogens with one attached hydrogen (secondary N) is 1. The standard InChI is InChI=1S/C13H22N2S/c1-4-11-6-5-7-12(11)14-8-13-9(2)15-10(3)16-13/h11-12,14H,4-8H2,1-3H3. The predicted molar refractivity (Wildman–Crippen MR) is 69.8 cm³/mol. The Kier molecular flexibility index (Phi) is 3.98. The second-order valence-corrected chi connectivity index (χ2v) is 6.12. The summed E-state index contributed by atoms with van der Waals surface area (Å²) in [6, 6.07) is 0.742. The van der Waals surface area contributed by atoms with Crippen LogP contribution in [0.1, 0.15) is 48.2 Å². The summed E-state index contributed by atoms with van der Waals surface area (Å²) >= 11 is 1.83. The summed E-state index contributed by atoms with van der Waals surface area (Å²) < 4.78 is 0. The molecule has 0 radical (unpaired) electrons. The van der Waals surface area contributed by atoms with Crippen molar-refractivity contribution in [2.24, 2.45) is 5.92 Å². The minimum Gasteiger partial charge on any atom is -0.309 e. The van der Waals surface area contributed by atoms with Gasteiger partial charge in [-0.3, -0.25) is 0 Å². The first-order chi connectivity index (χ1) is 7.70. The molecule has 16 heavy (non-hydrogen) atoms. The summed E-state index contributed by atoms with van der Waals surface area (Å²) in [6.07, 6.45) is 5.49. The number of thiazole rings is 1. The van der Waals surface area contributed by atoms with Crippen molar-refractivity contribution in [3.8, 4) is 0 Å². The second-order valence-electron chi connectivity index (χ2n) is 4.83. The molecule has 2 rings (SSSR count). The van der Waals surface area contributed by atoms with Crippen LogP contribution in [0.3, 0.4) is 0 Å². The molecule has 0 bridgehead atoms. The number of rotatable bonds is 4. The van der Waals surface area contributed by atoms with Crippen LogP contribution in [-0.4, -0.2) is 11.0 Å². The van der Waals surface area contributed by atoms with Gasteiger partial charge in [0, 0.05) is 17.5 Å². The van der Waals surface area contributed by atoms with Gasteiger partial charge in [-0.05, 0) is 32.6 Å². The van der Waals surface area contributed by atoms with E-state index < -0.39 is 0 Å². The van der Waals surface area contributed by atoms with Crippen molar-refractivity contribution < 1.29 is 0 Å². The predicted octanol–water partition coefficient (Wildman–Crippen LogP) is 3.43. The van der Waals surface area contributed by atoms with Crippen LogP contribution in [0.15, 0.2) is 0 Å². The third-order valence-corrected chi connectivity index (χ3v) is 4.78. The number of hydrogen-bond donors (Lipinski definition) is 1. The number of hydrogen-bond acceptors (Lipinski definition) is 3. The van der Waals surface area contributed by atoms with Crippen molar-refractivity contribution in [2.45, 2.75) is 59.0 Å². The summed E-state index contributed by atoms with van der Waals surface area (Å²) in [6.45, 7) is 7.53. The van der Waals surface area contributed by atoms with Gasteiger partial charge in [0.15, 0.2) is 0 Å². The van der Waals surface area contributed by atoms with Crippen LogP contribution >= 0.6 is 11.3 Å². The Morgan fingerprint density at radius 1 is 1.38 bits per heavy atom. The van der Waals surface area contributed by atoms with Crippen LogP contribution in [0, 0.1) is 19.8 Å². The Bertz CT molecular complexity index is 346. The van der Waals surface area contributed by atoms with Crippen molar-refractivity contribution in [3.63, 3.8) is 0 Å². The zero-order chi connectivity index (χ0) is 11.5. The largest absolute Gasteiger partial charge is 0.309 e. The van der Waals surface area contributed by atoms with E-state index in [1.807, 2.05) is 11.3 Å². The molecule has 2 atom stereocenters. The smallest absolute Gasteiger partial charge is 0.0900 e. The fourth-order valence-electron chi connectivity index (χ4n) is 2.76. The molecule has 1 fully saturated rings. The molecule has 1 aliphatic carbocycles. The van der Waals surface area contributed by atoms with Crippen LogP contribution in [0.2, 0.25) is 0 Å². The molecule has 1 aromatic rings. The average molecular weight is 238 g/mol. The van der Waals surface area contributed by atoms with Gasteiger partial charge >= 0.3 is 0 Å². The van der Waals surface area contributed by atoms with Crippen LogP contribution < -0.4 is 5.32 Å². The Morgan fingerprint density at radius 3 is 2.81 bits per heavy atom. The van der Waals surface area contributed by atoms with Crippen molar-refractivity contribution >= 4 is 11.3 Å². The minimum atomic E-state index is 0.742. The highest BCUT2D eigenvalue weighted by Crippen LogP contribution is 2.28. The summed E-state index contributed by atoms with van der Waals surface area (Å²) in [4.78, 5) is 5.89. The molecule has 0 aromatic carbocycles. The Hall–Kier alpha value is -0.410. The molecule has 0 spiro atoms.